The van der Waals surface area contributed by atoms with Gasteiger partial charge in [0.1, 0.15) is 11.5 Å². The Hall–Kier alpha value is -3.59. The topological polar surface area (TPSA) is 117 Å². The minimum absolute atomic E-state index is 0.0669. The summed E-state index contributed by atoms with van der Waals surface area (Å²) in [7, 11) is 3.15. The first-order valence-electron chi connectivity index (χ1n) is 11.7. The van der Waals surface area contributed by atoms with Crippen LogP contribution in [-0.2, 0) is 9.59 Å². The first-order valence-corrected chi connectivity index (χ1v) is 11.7. The van der Waals surface area contributed by atoms with Crippen molar-refractivity contribution in [2.24, 2.45) is 11.8 Å². The van der Waals surface area contributed by atoms with Gasteiger partial charge in [-0.05, 0) is 47.7 Å². The van der Waals surface area contributed by atoms with Crippen LogP contribution in [0.15, 0.2) is 42.5 Å². The lowest BCUT2D eigenvalue weighted by Crippen LogP contribution is -2.43. The molecule has 0 aliphatic heterocycles. The van der Waals surface area contributed by atoms with Crippen molar-refractivity contribution in [1.29, 1.82) is 0 Å². The molecular weight excluding hydrogens is 450 g/mol. The highest BCUT2D eigenvalue weighted by molar-refractivity contribution is 5.95. The zero-order valence-electron chi connectivity index (χ0n) is 20.2. The number of benzene rings is 2. The van der Waals surface area contributed by atoms with Crippen LogP contribution in [0.1, 0.15) is 42.5 Å². The Morgan fingerprint density at radius 3 is 2.37 bits per heavy atom. The number of nitrogens with zero attached hydrogens (tertiary/aromatic N) is 1. The smallest absolute Gasteiger partial charge is 0.252 e. The average molecular weight is 484 g/mol. The Balaban J connectivity index is 1.60. The van der Waals surface area contributed by atoms with Gasteiger partial charge in [0, 0.05) is 11.6 Å². The van der Waals surface area contributed by atoms with Crippen LogP contribution in [0, 0.1) is 11.8 Å². The van der Waals surface area contributed by atoms with Crippen LogP contribution in [0.3, 0.4) is 0 Å². The highest BCUT2D eigenvalue weighted by Crippen LogP contribution is 2.31. The predicted molar refractivity (Wildman–Crippen MR) is 130 cm³/mol. The van der Waals surface area contributed by atoms with Crippen molar-refractivity contribution in [3.63, 3.8) is 0 Å². The Morgan fingerprint density at radius 2 is 1.74 bits per heavy atom. The lowest BCUT2D eigenvalue weighted by Gasteiger charge is -2.22. The summed E-state index contributed by atoms with van der Waals surface area (Å²) in [6, 6.07) is 12.6. The highest BCUT2D eigenvalue weighted by Gasteiger charge is 2.26. The molecule has 0 aromatic heterocycles. The number of amides is 3. The van der Waals surface area contributed by atoms with E-state index in [1.165, 1.54) is 0 Å². The van der Waals surface area contributed by atoms with Crippen LogP contribution in [-0.4, -0.2) is 55.9 Å². The normalized spacial score (nSPS) is 14.1. The van der Waals surface area contributed by atoms with E-state index in [1.807, 2.05) is 18.2 Å². The summed E-state index contributed by atoms with van der Waals surface area (Å²) < 4.78 is 10.7. The van der Waals surface area contributed by atoms with E-state index in [0.29, 0.717) is 40.9 Å². The summed E-state index contributed by atoms with van der Waals surface area (Å²) in [5.41, 5.74) is 2.08. The van der Waals surface area contributed by atoms with Crippen LogP contribution >= 0.6 is 0 Å². The number of hydroxylamine groups is 2. The molecule has 3 amide bonds. The summed E-state index contributed by atoms with van der Waals surface area (Å²) in [6.45, 7) is -0.144. The first kappa shape index (κ1) is 26.0. The number of rotatable bonds is 12. The minimum atomic E-state index is -0.545. The van der Waals surface area contributed by atoms with Crippen molar-refractivity contribution in [2.45, 2.75) is 32.1 Å². The zero-order valence-corrected chi connectivity index (χ0v) is 20.2. The van der Waals surface area contributed by atoms with Gasteiger partial charge < -0.3 is 20.1 Å². The molecule has 1 saturated carbocycles. The summed E-state index contributed by atoms with van der Waals surface area (Å²) in [4.78, 5) is 36.3. The van der Waals surface area contributed by atoms with Crippen molar-refractivity contribution in [3.05, 3.63) is 48.0 Å². The summed E-state index contributed by atoms with van der Waals surface area (Å²) in [6.07, 6.45) is 5.24. The lowest BCUT2D eigenvalue weighted by atomic mass is 9.92. The van der Waals surface area contributed by atoms with Crippen molar-refractivity contribution < 1.29 is 29.1 Å². The molecule has 1 fully saturated rings. The Bertz CT molecular complexity index is 1000. The van der Waals surface area contributed by atoms with Gasteiger partial charge in [-0.3, -0.25) is 19.6 Å². The fourth-order valence-corrected chi connectivity index (χ4v) is 4.45. The van der Waals surface area contributed by atoms with Crippen molar-refractivity contribution >= 4 is 18.2 Å². The quantitative estimate of drug-likeness (QED) is 0.185. The maximum absolute atomic E-state index is 12.7. The summed E-state index contributed by atoms with van der Waals surface area (Å²) in [5, 5.41) is 15.5. The molecule has 2 aromatic rings. The molecule has 9 nitrogen and oxygen atoms in total. The van der Waals surface area contributed by atoms with Gasteiger partial charge in [0.15, 0.2) is 0 Å². The summed E-state index contributed by atoms with van der Waals surface area (Å²) in [5.74, 6) is 0.483. The number of methoxy groups -OCH3 is 2. The lowest BCUT2D eigenvalue weighted by molar-refractivity contribution is -0.155. The van der Waals surface area contributed by atoms with Crippen molar-refractivity contribution in [2.75, 3.05) is 27.4 Å². The molecule has 1 atom stereocenters. The third-order valence-electron chi connectivity index (χ3n) is 6.31. The fourth-order valence-electron chi connectivity index (χ4n) is 4.45. The molecule has 0 heterocycles. The van der Waals surface area contributed by atoms with Gasteiger partial charge in [0.05, 0.1) is 33.4 Å². The molecule has 1 aliphatic rings. The SMILES string of the molecule is COc1cc(OC)cc(-c2cccc(C(=O)NCNC(=O)[C@H](CC3CCCC3)CN(O)C=O)c2)c1. The van der Waals surface area contributed by atoms with Gasteiger partial charge in [0.25, 0.3) is 5.91 Å². The number of carbonyl (C=O) groups excluding carboxylic acids is 3. The molecule has 3 N–H and O–H groups in total. The number of nitrogens with one attached hydrogen (secondary N) is 2. The zero-order chi connectivity index (χ0) is 25.2. The molecule has 9 heteroatoms. The first-order chi connectivity index (χ1) is 16.9. The number of ether oxygens (including phenoxy) is 2. The molecular formula is C26H33N3O6. The number of hydrogen-bond donors (Lipinski definition) is 3. The molecule has 0 saturated heterocycles. The molecule has 0 radical (unpaired) electrons. The van der Waals surface area contributed by atoms with Crippen LogP contribution in [0.25, 0.3) is 11.1 Å². The Kier molecular flexibility index (Phi) is 9.48. The van der Waals surface area contributed by atoms with E-state index >= 15 is 0 Å². The van der Waals surface area contributed by atoms with E-state index in [-0.39, 0.29) is 25.0 Å². The third-order valence-corrected chi connectivity index (χ3v) is 6.31. The maximum Gasteiger partial charge on any atom is 0.252 e. The van der Waals surface area contributed by atoms with E-state index in [2.05, 4.69) is 10.6 Å². The second-order valence-electron chi connectivity index (χ2n) is 8.72. The minimum Gasteiger partial charge on any atom is -0.497 e. The van der Waals surface area contributed by atoms with Crippen molar-refractivity contribution in [3.8, 4) is 22.6 Å². The fraction of sp³-hybridized carbons (Fsp3) is 0.423. The molecule has 1 aliphatic carbocycles. The second kappa shape index (κ2) is 12.8. The van der Waals surface area contributed by atoms with Crippen LogP contribution < -0.4 is 20.1 Å². The van der Waals surface area contributed by atoms with E-state index in [4.69, 9.17) is 9.47 Å². The molecule has 35 heavy (non-hydrogen) atoms. The molecule has 0 bridgehead atoms. The molecule has 188 valence electrons. The number of hydrogen-bond acceptors (Lipinski definition) is 6. The van der Waals surface area contributed by atoms with Crippen LogP contribution in [0.4, 0.5) is 0 Å². The summed E-state index contributed by atoms with van der Waals surface area (Å²) >= 11 is 0. The standard InChI is InChI=1S/C26H33N3O6/c1-34-23-12-21(13-24(14-23)35-2)19-8-5-9-20(11-19)25(31)27-16-28-26(32)22(15-29(33)17-30)10-18-6-3-4-7-18/h5,8-9,11-14,17-18,22,33H,3-4,6-7,10,15-16H2,1-2H3,(H,27,31)(H,28,32)/t22-/m1/s1. The van der Waals surface area contributed by atoms with Gasteiger partial charge in [-0.1, -0.05) is 37.8 Å². The van der Waals surface area contributed by atoms with E-state index < -0.39 is 5.92 Å². The molecule has 2 aromatic carbocycles. The average Bonchev–Trinajstić information content (AvgIpc) is 3.40. The Labute approximate surface area is 205 Å². The third kappa shape index (κ3) is 7.45. The van der Waals surface area contributed by atoms with E-state index in [9.17, 15) is 19.6 Å². The van der Waals surface area contributed by atoms with Gasteiger partial charge in [0.2, 0.25) is 12.3 Å². The van der Waals surface area contributed by atoms with E-state index in [0.717, 1.165) is 36.8 Å². The van der Waals surface area contributed by atoms with Gasteiger partial charge in [-0.2, -0.15) is 0 Å². The monoisotopic (exact) mass is 483 g/mol. The maximum atomic E-state index is 12.7. The molecule has 3 rings (SSSR count). The van der Waals surface area contributed by atoms with E-state index in [1.54, 1.807) is 38.5 Å². The Morgan fingerprint density at radius 1 is 1.06 bits per heavy atom. The van der Waals surface area contributed by atoms with Gasteiger partial charge in [-0.25, -0.2) is 5.06 Å². The highest BCUT2D eigenvalue weighted by atomic mass is 16.5. The van der Waals surface area contributed by atoms with Gasteiger partial charge in [-0.15, -0.1) is 0 Å². The number of carbonyl (C=O) groups is 3. The van der Waals surface area contributed by atoms with Gasteiger partial charge >= 0.3 is 0 Å². The van der Waals surface area contributed by atoms with Crippen LogP contribution in [0.2, 0.25) is 0 Å². The second-order valence-corrected chi connectivity index (χ2v) is 8.72. The largest absolute Gasteiger partial charge is 0.497 e. The predicted octanol–water partition coefficient (Wildman–Crippen LogP) is 3.22. The van der Waals surface area contributed by atoms with Crippen molar-refractivity contribution in [1.82, 2.24) is 15.7 Å². The van der Waals surface area contributed by atoms with Crippen LogP contribution in [0.5, 0.6) is 11.5 Å². The molecule has 0 spiro atoms. The molecule has 0 unspecified atom stereocenters.